The highest BCUT2D eigenvalue weighted by Crippen LogP contribution is 2.28. The van der Waals surface area contributed by atoms with Gasteiger partial charge in [0.25, 0.3) is 5.91 Å². The van der Waals surface area contributed by atoms with Gasteiger partial charge in [0.2, 0.25) is 0 Å². The molecule has 0 radical (unpaired) electrons. The molecule has 0 aliphatic carbocycles. The Balaban J connectivity index is 2.24. The van der Waals surface area contributed by atoms with Gasteiger partial charge in [-0.3, -0.25) is 4.79 Å². The smallest absolute Gasteiger partial charge is 0.268 e. The zero-order chi connectivity index (χ0) is 14.0. The fourth-order valence-corrected chi connectivity index (χ4v) is 3.31. The van der Waals surface area contributed by atoms with Crippen LogP contribution in [0.1, 0.15) is 30.4 Å². The first-order chi connectivity index (χ1) is 9.04. The number of carbonyl (C=O) groups excluding carboxylic acids is 1. The normalized spacial score (nSPS) is 23.7. The molecule has 1 aromatic rings. The first-order valence-corrected chi connectivity index (χ1v) is 7.58. The van der Waals surface area contributed by atoms with E-state index < -0.39 is 0 Å². The molecule has 1 N–H and O–H groups in total. The van der Waals surface area contributed by atoms with Gasteiger partial charge >= 0.3 is 0 Å². The van der Waals surface area contributed by atoms with Crippen molar-refractivity contribution in [1.29, 1.82) is 0 Å². The molecule has 0 aromatic carbocycles. The van der Waals surface area contributed by atoms with Gasteiger partial charge in [-0.1, -0.05) is 13.8 Å². The number of nitrogens with one attached hydrogen (secondary N) is 1. The number of rotatable bonds is 3. The summed E-state index contributed by atoms with van der Waals surface area (Å²) in [4.78, 5) is 15.4. The van der Waals surface area contributed by atoms with E-state index in [1.54, 1.807) is 7.11 Å². The van der Waals surface area contributed by atoms with E-state index >= 15 is 0 Å². The molecule has 0 spiro atoms. The van der Waals surface area contributed by atoms with E-state index in [1.807, 2.05) is 16.3 Å². The molecule has 1 aromatic heterocycles. The summed E-state index contributed by atoms with van der Waals surface area (Å²) in [5.74, 6) is 1.22. The number of methoxy groups -OCH3 is 1. The average Bonchev–Trinajstić information content (AvgIpc) is 2.85. The van der Waals surface area contributed by atoms with Crippen LogP contribution in [0, 0.1) is 5.92 Å². The van der Waals surface area contributed by atoms with Crippen molar-refractivity contribution < 1.29 is 9.53 Å². The third-order valence-electron chi connectivity index (χ3n) is 3.62. The van der Waals surface area contributed by atoms with E-state index in [-0.39, 0.29) is 11.9 Å². The number of thiophene rings is 1. The maximum atomic E-state index is 12.7. The van der Waals surface area contributed by atoms with Gasteiger partial charge in [-0.15, -0.1) is 11.3 Å². The predicted molar refractivity (Wildman–Crippen MR) is 78.0 cm³/mol. The molecule has 2 rings (SSSR count). The quantitative estimate of drug-likeness (QED) is 0.924. The highest BCUT2D eigenvalue weighted by atomic mass is 32.1. The second kappa shape index (κ2) is 5.92. The van der Waals surface area contributed by atoms with Crippen molar-refractivity contribution in [3.05, 3.63) is 16.3 Å². The Labute approximate surface area is 118 Å². The van der Waals surface area contributed by atoms with Gasteiger partial charge in [0.1, 0.15) is 10.6 Å². The molecule has 106 valence electrons. The molecule has 0 saturated carbocycles. The van der Waals surface area contributed by atoms with Crippen LogP contribution in [0.3, 0.4) is 0 Å². The van der Waals surface area contributed by atoms with Crippen LogP contribution < -0.4 is 10.1 Å². The Bertz CT molecular complexity index is 444. The van der Waals surface area contributed by atoms with Gasteiger partial charge < -0.3 is 15.0 Å². The molecule has 0 bridgehead atoms. The highest BCUT2D eigenvalue weighted by Gasteiger charge is 2.33. The molecule has 1 fully saturated rings. The summed E-state index contributed by atoms with van der Waals surface area (Å²) in [5, 5.41) is 5.36. The minimum atomic E-state index is 0.0962. The Hall–Kier alpha value is -1.07. The number of carbonyl (C=O) groups is 1. The molecule has 2 atom stereocenters. The van der Waals surface area contributed by atoms with Crippen molar-refractivity contribution in [2.24, 2.45) is 5.92 Å². The Kier molecular flexibility index (Phi) is 4.47. The molecule has 5 heteroatoms. The highest BCUT2D eigenvalue weighted by molar-refractivity contribution is 7.12. The maximum absolute atomic E-state index is 12.7. The van der Waals surface area contributed by atoms with Crippen molar-refractivity contribution in [2.75, 3.05) is 20.2 Å². The first kappa shape index (κ1) is 14.3. The fourth-order valence-electron chi connectivity index (χ4n) is 2.50. The second-order valence-electron chi connectivity index (χ2n) is 5.40. The van der Waals surface area contributed by atoms with E-state index in [4.69, 9.17) is 4.74 Å². The van der Waals surface area contributed by atoms with E-state index in [2.05, 4.69) is 26.1 Å². The molecule has 1 aliphatic rings. The van der Waals surface area contributed by atoms with Crippen molar-refractivity contribution in [2.45, 2.75) is 32.9 Å². The molecule has 2 heterocycles. The first-order valence-electron chi connectivity index (χ1n) is 6.70. The molecule has 1 aliphatic heterocycles. The number of piperazine rings is 1. The molecule has 4 nitrogen and oxygen atoms in total. The number of hydrogen-bond donors (Lipinski definition) is 1. The van der Waals surface area contributed by atoms with Crippen molar-refractivity contribution in [1.82, 2.24) is 10.2 Å². The number of amides is 1. The largest absolute Gasteiger partial charge is 0.495 e. The molecular weight excluding hydrogens is 260 g/mol. The SMILES string of the molecule is COc1ccsc1C(=O)N1CC(C)NCC1C(C)C. The van der Waals surface area contributed by atoms with Crippen LogP contribution >= 0.6 is 11.3 Å². The molecule has 2 unspecified atom stereocenters. The predicted octanol–water partition coefficient (Wildman–Crippen LogP) is 2.22. The van der Waals surface area contributed by atoms with Crippen LogP contribution in [0.15, 0.2) is 11.4 Å². The van der Waals surface area contributed by atoms with Crippen molar-refractivity contribution in [3.8, 4) is 5.75 Å². The fraction of sp³-hybridized carbons (Fsp3) is 0.643. The summed E-state index contributed by atoms with van der Waals surface area (Å²) in [5.41, 5.74) is 0. The van der Waals surface area contributed by atoms with E-state index in [0.717, 1.165) is 13.1 Å². The Morgan fingerprint density at radius 3 is 2.95 bits per heavy atom. The number of ether oxygens (including phenoxy) is 1. The third-order valence-corrected chi connectivity index (χ3v) is 4.50. The van der Waals surface area contributed by atoms with Gasteiger partial charge in [-0.05, 0) is 24.3 Å². The number of nitrogens with zero attached hydrogens (tertiary/aromatic N) is 1. The van der Waals surface area contributed by atoms with Gasteiger partial charge in [0, 0.05) is 25.2 Å². The third kappa shape index (κ3) is 2.92. The summed E-state index contributed by atoms with van der Waals surface area (Å²) in [7, 11) is 1.61. The average molecular weight is 282 g/mol. The summed E-state index contributed by atoms with van der Waals surface area (Å²) < 4.78 is 5.27. The summed E-state index contributed by atoms with van der Waals surface area (Å²) in [6.07, 6.45) is 0. The van der Waals surface area contributed by atoms with Crippen LogP contribution in [-0.2, 0) is 0 Å². The van der Waals surface area contributed by atoms with Crippen LogP contribution in [-0.4, -0.2) is 43.1 Å². The summed E-state index contributed by atoms with van der Waals surface area (Å²) >= 11 is 1.45. The lowest BCUT2D eigenvalue weighted by atomic mass is 9.98. The van der Waals surface area contributed by atoms with Gasteiger partial charge in [-0.25, -0.2) is 0 Å². The van der Waals surface area contributed by atoms with Crippen molar-refractivity contribution in [3.63, 3.8) is 0 Å². The van der Waals surface area contributed by atoms with Crippen LogP contribution in [0.2, 0.25) is 0 Å². The maximum Gasteiger partial charge on any atom is 0.268 e. The number of hydrogen-bond acceptors (Lipinski definition) is 4. The summed E-state index contributed by atoms with van der Waals surface area (Å²) in [6.45, 7) is 8.05. The van der Waals surface area contributed by atoms with Crippen LogP contribution in [0.4, 0.5) is 0 Å². The van der Waals surface area contributed by atoms with Crippen LogP contribution in [0.25, 0.3) is 0 Å². The van der Waals surface area contributed by atoms with Crippen molar-refractivity contribution >= 4 is 17.2 Å². The molecule has 19 heavy (non-hydrogen) atoms. The Morgan fingerprint density at radius 1 is 1.58 bits per heavy atom. The topological polar surface area (TPSA) is 41.6 Å². The zero-order valence-corrected chi connectivity index (χ0v) is 12.8. The lowest BCUT2D eigenvalue weighted by Crippen LogP contribution is -2.59. The van der Waals surface area contributed by atoms with E-state index in [0.29, 0.717) is 22.6 Å². The molecular formula is C14H22N2O2S. The van der Waals surface area contributed by atoms with E-state index in [9.17, 15) is 4.79 Å². The van der Waals surface area contributed by atoms with Crippen LogP contribution in [0.5, 0.6) is 5.75 Å². The Morgan fingerprint density at radius 2 is 2.32 bits per heavy atom. The lowest BCUT2D eigenvalue weighted by Gasteiger charge is -2.41. The lowest BCUT2D eigenvalue weighted by molar-refractivity contribution is 0.0524. The molecule has 1 saturated heterocycles. The van der Waals surface area contributed by atoms with E-state index in [1.165, 1.54) is 11.3 Å². The summed E-state index contributed by atoms with van der Waals surface area (Å²) in [6, 6.07) is 2.44. The minimum absolute atomic E-state index is 0.0962. The van der Waals surface area contributed by atoms with Gasteiger partial charge in [-0.2, -0.15) is 0 Å². The second-order valence-corrected chi connectivity index (χ2v) is 6.31. The monoisotopic (exact) mass is 282 g/mol. The zero-order valence-electron chi connectivity index (χ0n) is 12.0. The standard InChI is InChI=1S/C14H22N2O2S/c1-9(2)11-7-15-10(3)8-16(11)14(17)13-12(18-4)5-6-19-13/h5-6,9-11,15H,7-8H2,1-4H3. The minimum Gasteiger partial charge on any atom is -0.495 e. The van der Waals surface area contributed by atoms with Gasteiger partial charge in [0.15, 0.2) is 0 Å². The molecule has 1 amide bonds. The van der Waals surface area contributed by atoms with Gasteiger partial charge in [0.05, 0.1) is 7.11 Å².